The fraction of sp³-hybridized carbons (Fsp3) is 0.188. The SMILES string of the molecule is COc1cccc(C(C(=O)Nc2ccc(N(C)C)cc2)N(Cc2ccc(Cl)cc2)C(=O)Cn2nnc3ccccc32)c1. The molecule has 4 aromatic carbocycles. The van der Waals surface area contributed by atoms with E-state index in [1.165, 1.54) is 0 Å². The van der Waals surface area contributed by atoms with E-state index in [0.717, 1.165) is 16.8 Å². The molecule has 9 nitrogen and oxygen atoms in total. The second kappa shape index (κ2) is 12.7. The fourth-order valence-electron chi connectivity index (χ4n) is 4.70. The van der Waals surface area contributed by atoms with E-state index in [-0.39, 0.29) is 24.9 Å². The number of halogens is 1. The van der Waals surface area contributed by atoms with Gasteiger partial charge in [0.15, 0.2) is 0 Å². The van der Waals surface area contributed by atoms with Crippen LogP contribution in [0.25, 0.3) is 11.0 Å². The third-order valence-electron chi connectivity index (χ3n) is 6.91. The Balaban J connectivity index is 1.55. The lowest BCUT2D eigenvalue weighted by atomic mass is 10.0. The van der Waals surface area contributed by atoms with Gasteiger partial charge in [-0.05, 0) is 71.8 Å². The standard InChI is InChI=1S/C32H31ClN6O3/c1-37(2)26-17-15-25(16-18-26)34-32(41)31(23-7-6-8-27(19-23)42-3)38(20-22-11-13-24(33)14-12-22)30(40)21-39-29-10-5-4-9-28(29)35-36-39/h4-19,31H,20-21H2,1-3H3,(H,34,41). The number of aromatic nitrogens is 3. The molecule has 0 saturated heterocycles. The number of benzene rings is 4. The molecule has 214 valence electrons. The first-order chi connectivity index (χ1) is 20.3. The van der Waals surface area contributed by atoms with Crippen LogP contribution in [0.5, 0.6) is 5.75 Å². The number of hydrogen-bond acceptors (Lipinski definition) is 6. The molecule has 1 heterocycles. The van der Waals surface area contributed by atoms with Crippen LogP contribution in [0.4, 0.5) is 11.4 Å². The van der Waals surface area contributed by atoms with Gasteiger partial charge in [0.25, 0.3) is 5.91 Å². The molecule has 2 amide bonds. The van der Waals surface area contributed by atoms with Crippen LogP contribution in [0.2, 0.25) is 5.02 Å². The van der Waals surface area contributed by atoms with Crippen molar-refractivity contribution in [2.45, 2.75) is 19.1 Å². The largest absolute Gasteiger partial charge is 0.497 e. The third-order valence-corrected chi connectivity index (χ3v) is 7.16. The monoisotopic (exact) mass is 582 g/mol. The van der Waals surface area contributed by atoms with Gasteiger partial charge in [-0.15, -0.1) is 5.10 Å². The molecule has 0 saturated carbocycles. The smallest absolute Gasteiger partial charge is 0.251 e. The molecule has 1 aromatic heterocycles. The quantitative estimate of drug-likeness (QED) is 0.231. The Hall–Kier alpha value is -4.89. The summed E-state index contributed by atoms with van der Waals surface area (Å²) in [5, 5.41) is 12.0. The van der Waals surface area contributed by atoms with Crippen molar-refractivity contribution in [3.63, 3.8) is 0 Å². The number of fused-ring (bicyclic) bond motifs is 1. The maximum absolute atomic E-state index is 14.2. The van der Waals surface area contributed by atoms with Gasteiger partial charge < -0.3 is 19.9 Å². The highest BCUT2D eigenvalue weighted by Crippen LogP contribution is 2.29. The van der Waals surface area contributed by atoms with E-state index in [2.05, 4.69) is 15.6 Å². The number of methoxy groups -OCH3 is 1. The molecule has 0 spiro atoms. The molecule has 1 unspecified atom stereocenters. The van der Waals surface area contributed by atoms with E-state index in [4.69, 9.17) is 16.3 Å². The molecule has 42 heavy (non-hydrogen) atoms. The number of para-hydroxylation sites is 1. The van der Waals surface area contributed by atoms with Crippen LogP contribution >= 0.6 is 11.6 Å². The minimum atomic E-state index is -0.994. The van der Waals surface area contributed by atoms with Crippen LogP contribution in [0, 0.1) is 0 Å². The molecule has 5 aromatic rings. The van der Waals surface area contributed by atoms with Crippen molar-refractivity contribution in [3.05, 3.63) is 113 Å². The highest BCUT2D eigenvalue weighted by atomic mass is 35.5. The van der Waals surface area contributed by atoms with Crippen molar-refractivity contribution in [3.8, 4) is 5.75 Å². The van der Waals surface area contributed by atoms with Gasteiger partial charge in [-0.2, -0.15) is 0 Å². The number of rotatable bonds is 10. The average Bonchev–Trinajstić information content (AvgIpc) is 3.40. The first-order valence-corrected chi connectivity index (χ1v) is 13.7. The first-order valence-electron chi connectivity index (χ1n) is 13.4. The Bertz CT molecular complexity index is 1690. The van der Waals surface area contributed by atoms with E-state index in [9.17, 15) is 9.59 Å². The molecule has 5 rings (SSSR count). The number of amides is 2. The molecule has 0 aliphatic rings. The fourth-order valence-corrected chi connectivity index (χ4v) is 4.83. The minimum Gasteiger partial charge on any atom is -0.497 e. The summed E-state index contributed by atoms with van der Waals surface area (Å²) in [5.41, 5.74) is 4.42. The molecule has 0 fully saturated rings. The summed E-state index contributed by atoms with van der Waals surface area (Å²) in [6.07, 6.45) is 0. The van der Waals surface area contributed by atoms with Crippen molar-refractivity contribution >= 4 is 45.8 Å². The first kappa shape index (κ1) is 28.6. The predicted molar refractivity (Wildman–Crippen MR) is 165 cm³/mol. The van der Waals surface area contributed by atoms with Crippen LogP contribution in [-0.4, -0.2) is 52.9 Å². The van der Waals surface area contributed by atoms with Crippen molar-refractivity contribution in [1.82, 2.24) is 19.9 Å². The van der Waals surface area contributed by atoms with Crippen molar-refractivity contribution in [1.29, 1.82) is 0 Å². The Morgan fingerprint density at radius 1 is 0.952 bits per heavy atom. The number of anilines is 2. The van der Waals surface area contributed by atoms with E-state index in [1.807, 2.05) is 85.7 Å². The zero-order valence-corrected chi connectivity index (χ0v) is 24.3. The van der Waals surface area contributed by atoms with Crippen LogP contribution < -0.4 is 15.0 Å². The van der Waals surface area contributed by atoms with Crippen LogP contribution in [-0.2, 0) is 22.7 Å². The summed E-state index contributed by atoms with van der Waals surface area (Å²) in [5.74, 6) is -0.111. The summed E-state index contributed by atoms with van der Waals surface area (Å²) < 4.78 is 7.02. The predicted octanol–water partition coefficient (Wildman–Crippen LogP) is 5.57. The highest BCUT2D eigenvalue weighted by molar-refractivity contribution is 6.30. The zero-order valence-electron chi connectivity index (χ0n) is 23.6. The summed E-state index contributed by atoms with van der Waals surface area (Å²) >= 11 is 6.14. The van der Waals surface area contributed by atoms with Crippen LogP contribution in [0.15, 0.2) is 97.1 Å². The maximum atomic E-state index is 14.2. The van der Waals surface area contributed by atoms with Crippen LogP contribution in [0.1, 0.15) is 17.2 Å². The number of ether oxygens (including phenoxy) is 1. The molecule has 1 atom stereocenters. The Kier molecular flexibility index (Phi) is 8.68. The van der Waals surface area contributed by atoms with Gasteiger partial charge >= 0.3 is 0 Å². The molecule has 0 radical (unpaired) electrons. The Labute approximate surface area is 249 Å². The molecule has 0 aliphatic carbocycles. The molecule has 0 bridgehead atoms. The van der Waals surface area contributed by atoms with E-state index >= 15 is 0 Å². The number of carbonyl (C=O) groups is 2. The average molecular weight is 583 g/mol. The third kappa shape index (κ3) is 6.53. The molecule has 10 heteroatoms. The van der Waals surface area contributed by atoms with Gasteiger partial charge in [-0.3, -0.25) is 9.59 Å². The van der Waals surface area contributed by atoms with Gasteiger partial charge in [-0.25, -0.2) is 4.68 Å². The number of nitrogens with one attached hydrogen (secondary N) is 1. The topological polar surface area (TPSA) is 92.6 Å². The molecule has 1 N–H and O–H groups in total. The lowest BCUT2D eigenvalue weighted by Gasteiger charge is -2.32. The van der Waals surface area contributed by atoms with Crippen molar-refractivity contribution in [2.75, 3.05) is 31.4 Å². The van der Waals surface area contributed by atoms with Gasteiger partial charge in [0.05, 0.1) is 12.6 Å². The van der Waals surface area contributed by atoms with E-state index in [1.54, 1.807) is 47.0 Å². The van der Waals surface area contributed by atoms with Gasteiger partial charge in [-0.1, -0.05) is 53.2 Å². The number of carbonyl (C=O) groups excluding carboxylic acids is 2. The van der Waals surface area contributed by atoms with Crippen molar-refractivity contribution in [2.24, 2.45) is 0 Å². The lowest BCUT2D eigenvalue weighted by Crippen LogP contribution is -2.42. The maximum Gasteiger partial charge on any atom is 0.251 e. The van der Waals surface area contributed by atoms with E-state index < -0.39 is 6.04 Å². The molecular weight excluding hydrogens is 552 g/mol. The van der Waals surface area contributed by atoms with E-state index in [0.29, 0.717) is 27.5 Å². The summed E-state index contributed by atoms with van der Waals surface area (Å²) in [6.45, 7) is 0.0386. The second-order valence-electron chi connectivity index (χ2n) is 9.99. The Morgan fingerprint density at radius 2 is 1.69 bits per heavy atom. The molecule has 0 aliphatic heterocycles. The van der Waals surface area contributed by atoms with Gasteiger partial charge in [0.1, 0.15) is 23.9 Å². The summed E-state index contributed by atoms with van der Waals surface area (Å²) in [6, 6.07) is 28.3. The van der Waals surface area contributed by atoms with Crippen LogP contribution in [0.3, 0.4) is 0 Å². The zero-order chi connectivity index (χ0) is 29.6. The lowest BCUT2D eigenvalue weighted by molar-refractivity contribution is -0.140. The van der Waals surface area contributed by atoms with Gasteiger partial charge in [0.2, 0.25) is 5.91 Å². The van der Waals surface area contributed by atoms with Gasteiger partial charge in [0, 0.05) is 37.0 Å². The van der Waals surface area contributed by atoms with Crippen molar-refractivity contribution < 1.29 is 14.3 Å². The number of hydrogen-bond donors (Lipinski definition) is 1. The minimum absolute atomic E-state index is 0.112. The summed E-state index contributed by atoms with van der Waals surface area (Å²) in [4.78, 5) is 31.8. The normalized spacial score (nSPS) is 11.6. The second-order valence-corrected chi connectivity index (χ2v) is 10.4. The Morgan fingerprint density at radius 3 is 2.40 bits per heavy atom. The number of nitrogens with zero attached hydrogens (tertiary/aromatic N) is 5. The summed E-state index contributed by atoms with van der Waals surface area (Å²) in [7, 11) is 5.46. The highest BCUT2D eigenvalue weighted by Gasteiger charge is 2.32. The molecular formula is C32H31ClN6O3.